The first-order valence-electron chi connectivity index (χ1n) is 5.02. The van der Waals surface area contributed by atoms with Crippen molar-refractivity contribution in [1.82, 2.24) is 9.88 Å². The number of nitrogens with zero attached hydrogens (tertiary/aromatic N) is 2. The number of amides is 1. The highest BCUT2D eigenvalue weighted by atomic mass is 35.5. The highest BCUT2D eigenvalue weighted by Crippen LogP contribution is 2.13. The van der Waals surface area contributed by atoms with E-state index in [9.17, 15) is 4.79 Å². The second kappa shape index (κ2) is 5.71. The molecular weight excluding hydrogens is 212 g/mol. The zero-order valence-electron chi connectivity index (χ0n) is 9.03. The predicted octanol–water partition coefficient (Wildman–Crippen LogP) is 2.61. The zero-order valence-corrected chi connectivity index (χ0v) is 9.79. The van der Waals surface area contributed by atoms with Crippen LogP contribution in [0.1, 0.15) is 30.1 Å². The molecule has 4 heteroatoms. The third-order valence-corrected chi connectivity index (χ3v) is 2.48. The third-order valence-electron chi connectivity index (χ3n) is 2.18. The van der Waals surface area contributed by atoms with Crippen LogP contribution in [-0.4, -0.2) is 29.4 Å². The Morgan fingerprint density at radius 3 is 2.93 bits per heavy atom. The van der Waals surface area contributed by atoms with Crippen LogP contribution in [-0.2, 0) is 0 Å². The predicted molar refractivity (Wildman–Crippen MR) is 61.1 cm³/mol. The van der Waals surface area contributed by atoms with Gasteiger partial charge in [0.1, 0.15) is 5.15 Å². The van der Waals surface area contributed by atoms with E-state index in [0.717, 1.165) is 19.4 Å². The van der Waals surface area contributed by atoms with E-state index < -0.39 is 0 Å². The van der Waals surface area contributed by atoms with Gasteiger partial charge in [-0.25, -0.2) is 4.98 Å². The standard InChI is InChI=1S/C11H15ClN2O/c1-3-4-8-14(2)11(15)9-6-5-7-13-10(9)12/h5-7H,3-4,8H2,1-2H3. The van der Waals surface area contributed by atoms with Crippen LogP contribution in [0, 0.1) is 0 Å². The topological polar surface area (TPSA) is 33.2 Å². The molecule has 1 aromatic rings. The Hall–Kier alpha value is -1.09. The maximum Gasteiger partial charge on any atom is 0.256 e. The van der Waals surface area contributed by atoms with E-state index in [0.29, 0.717) is 5.56 Å². The normalized spacial score (nSPS) is 10.1. The van der Waals surface area contributed by atoms with Gasteiger partial charge in [0.15, 0.2) is 0 Å². The molecule has 0 aromatic carbocycles. The summed E-state index contributed by atoms with van der Waals surface area (Å²) in [5.41, 5.74) is 0.470. The van der Waals surface area contributed by atoms with Crippen LogP contribution in [0.5, 0.6) is 0 Å². The Morgan fingerprint density at radius 1 is 1.60 bits per heavy atom. The van der Waals surface area contributed by atoms with Gasteiger partial charge in [-0.05, 0) is 18.6 Å². The lowest BCUT2D eigenvalue weighted by Crippen LogP contribution is -2.28. The van der Waals surface area contributed by atoms with E-state index in [2.05, 4.69) is 11.9 Å². The molecule has 0 spiro atoms. The number of hydrogen-bond acceptors (Lipinski definition) is 2. The molecule has 82 valence electrons. The Bertz CT molecular complexity index is 341. The van der Waals surface area contributed by atoms with Gasteiger partial charge in [-0.15, -0.1) is 0 Å². The highest BCUT2D eigenvalue weighted by molar-refractivity contribution is 6.32. The van der Waals surface area contributed by atoms with Crippen molar-refractivity contribution in [3.8, 4) is 0 Å². The minimum atomic E-state index is -0.0680. The average Bonchev–Trinajstić information content (AvgIpc) is 2.25. The molecule has 0 aliphatic carbocycles. The Morgan fingerprint density at radius 2 is 2.33 bits per heavy atom. The van der Waals surface area contributed by atoms with E-state index in [1.165, 1.54) is 0 Å². The lowest BCUT2D eigenvalue weighted by molar-refractivity contribution is 0.0793. The highest BCUT2D eigenvalue weighted by Gasteiger charge is 2.14. The summed E-state index contributed by atoms with van der Waals surface area (Å²) in [5, 5.41) is 0.269. The van der Waals surface area contributed by atoms with E-state index in [-0.39, 0.29) is 11.1 Å². The summed E-state index contributed by atoms with van der Waals surface area (Å²) in [7, 11) is 1.78. The molecule has 0 N–H and O–H groups in total. The first-order chi connectivity index (χ1) is 7.16. The van der Waals surface area contributed by atoms with Gasteiger partial charge in [0.05, 0.1) is 5.56 Å². The summed E-state index contributed by atoms with van der Waals surface area (Å²) < 4.78 is 0. The quantitative estimate of drug-likeness (QED) is 0.740. The second-order valence-corrected chi connectivity index (χ2v) is 3.78. The van der Waals surface area contributed by atoms with Crippen molar-refractivity contribution in [3.05, 3.63) is 29.0 Å². The lowest BCUT2D eigenvalue weighted by atomic mass is 10.2. The van der Waals surface area contributed by atoms with E-state index in [4.69, 9.17) is 11.6 Å². The Labute approximate surface area is 95.1 Å². The fourth-order valence-electron chi connectivity index (χ4n) is 1.25. The number of hydrogen-bond donors (Lipinski definition) is 0. The molecule has 0 fully saturated rings. The molecule has 1 rings (SSSR count). The monoisotopic (exact) mass is 226 g/mol. The number of rotatable bonds is 4. The molecule has 0 saturated carbocycles. The largest absolute Gasteiger partial charge is 0.342 e. The maximum atomic E-state index is 11.9. The fourth-order valence-corrected chi connectivity index (χ4v) is 1.45. The summed E-state index contributed by atoms with van der Waals surface area (Å²) in [6, 6.07) is 3.41. The molecule has 0 atom stereocenters. The van der Waals surface area contributed by atoms with Gasteiger partial charge in [0.2, 0.25) is 0 Å². The van der Waals surface area contributed by atoms with Crippen LogP contribution < -0.4 is 0 Å². The Kier molecular flexibility index (Phi) is 4.56. The second-order valence-electron chi connectivity index (χ2n) is 3.42. The summed E-state index contributed by atoms with van der Waals surface area (Å²) >= 11 is 5.84. The maximum absolute atomic E-state index is 11.9. The van der Waals surface area contributed by atoms with Crippen LogP contribution in [0.3, 0.4) is 0 Å². The van der Waals surface area contributed by atoms with Gasteiger partial charge < -0.3 is 4.90 Å². The van der Waals surface area contributed by atoms with Crippen molar-refractivity contribution >= 4 is 17.5 Å². The van der Waals surface area contributed by atoms with Gasteiger partial charge in [-0.3, -0.25) is 4.79 Å². The van der Waals surface area contributed by atoms with E-state index in [1.807, 2.05) is 0 Å². The molecule has 0 saturated heterocycles. The summed E-state index contributed by atoms with van der Waals surface area (Å²) in [6.45, 7) is 2.84. The minimum Gasteiger partial charge on any atom is -0.342 e. The zero-order chi connectivity index (χ0) is 11.3. The molecule has 1 amide bonds. The number of unbranched alkanes of at least 4 members (excludes halogenated alkanes) is 1. The van der Waals surface area contributed by atoms with Crippen LogP contribution >= 0.6 is 11.6 Å². The van der Waals surface area contributed by atoms with Gasteiger partial charge in [0.25, 0.3) is 5.91 Å². The number of halogens is 1. The van der Waals surface area contributed by atoms with Gasteiger partial charge >= 0.3 is 0 Å². The molecule has 15 heavy (non-hydrogen) atoms. The molecule has 0 aliphatic rings. The molecule has 0 radical (unpaired) electrons. The number of carbonyl (C=O) groups is 1. The van der Waals surface area contributed by atoms with Crippen LogP contribution in [0.4, 0.5) is 0 Å². The summed E-state index contributed by atoms with van der Waals surface area (Å²) in [6.07, 6.45) is 3.64. The first-order valence-corrected chi connectivity index (χ1v) is 5.40. The van der Waals surface area contributed by atoms with Crippen molar-refractivity contribution < 1.29 is 4.79 Å². The van der Waals surface area contributed by atoms with Crippen LogP contribution in [0.15, 0.2) is 18.3 Å². The van der Waals surface area contributed by atoms with Crippen molar-refractivity contribution in [3.63, 3.8) is 0 Å². The van der Waals surface area contributed by atoms with Gasteiger partial charge in [-0.1, -0.05) is 24.9 Å². The molecule has 0 bridgehead atoms. The van der Waals surface area contributed by atoms with Crippen molar-refractivity contribution in [1.29, 1.82) is 0 Å². The van der Waals surface area contributed by atoms with Crippen LogP contribution in [0.25, 0.3) is 0 Å². The SMILES string of the molecule is CCCCN(C)C(=O)c1cccnc1Cl. The molecule has 0 unspecified atom stereocenters. The number of carbonyl (C=O) groups excluding carboxylic acids is 1. The number of pyridine rings is 1. The molecule has 0 aliphatic heterocycles. The smallest absolute Gasteiger partial charge is 0.256 e. The fraction of sp³-hybridized carbons (Fsp3) is 0.455. The third kappa shape index (κ3) is 3.20. The van der Waals surface area contributed by atoms with Crippen molar-refractivity contribution in [2.75, 3.05) is 13.6 Å². The minimum absolute atomic E-state index is 0.0680. The average molecular weight is 227 g/mol. The lowest BCUT2D eigenvalue weighted by Gasteiger charge is -2.16. The molecule has 1 aromatic heterocycles. The van der Waals surface area contributed by atoms with Gasteiger partial charge in [0, 0.05) is 19.8 Å². The number of aromatic nitrogens is 1. The van der Waals surface area contributed by atoms with E-state index in [1.54, 1.807) is 30.3 Å². The van der Waals surface area contributed by atoms with E-state index >= 15 is 0 Å². The van der Waals surface area contributed by atoms with Crippen molar-refractivity contribution in [2.45, 2.75) is 19.8 Å². The molecule has 3 nitrogen and oxygen atoms in total. The Balaban J connectivity index is 2.72. The molecular formula is C11H15ClN2O. The molecule has 1 heterocycles. The summed E-state index contributed by atoms with van der Waals surface area (Å²) in [5.74, 6) is -0.0680. The summed E-state index contributed by atoms with van der Waals surface area (Å²) in [4.78, 5) is 17.4. The van der Waals surface area contributed by atoms with Crippen LogP contribution in [0.2, 0.25) is 5.15 Å². The van der Waals surface area contributed by atoms with Crippen molar-refractivity contribution in [2.24, 2.45) is 0 Å². The first kappa shape index (κ1) is 12.0. The van der Waals surface area contributed by atoms with Gasteiger partial charge in [-0.2, -0.15) is 0 Å².